The molecular formula is C8H9ClN2OS. The fourth-order valence-corrected chi connectivity index (χ4v) is 2.34. The Kier molecular flexibility index (Phi) is 2.51. The van der Waals surface area contributed by atoms with Gasteiger partial charge in [-0.3, -0.25) is 0 Å². The first-order valence-corrected chi connectivity index (χ1v) is 5.29. The van der Waals surface area contributed by atoms with Gasteiger partial charge in [0.15, 0.2) is 0 Å². The minimum absolute atomic E-state index is 0.482. The van der Waals surface area contributed by atoms with E-state index in [4.69, 9.17) is 16.3 Å². The number of aromatic nitrogens is 1. The Hall–Kier alpha value is -0.610. The standard InChI is InChI=1S/C8H9ClN2OS/c1-12-8-5(9)4-6-7(11-8)10-2-3-13-6/h4H,2-3H2,1H3,(H,10,11). The van der Waals surface area contributed by atoms with Gasteiger partial charge in [-0.05, 0) is 6.07 Å². The maximum atomic E-state index is 5.93. The van der Waals surface area contributed by atoms with Gasteiger partial charge >= 0.3 is 0 Å². The largest absolute Gasteiger partial charge is 0.480 e. The highest BCUT2D eigenvalue weighted by atomic mass is 35.5. The Labute approximate surface area is 85.8 Å². The third kappa shape index (κ3) is 1.69. The van der Waals surface area contributed by atoms with E-state index in [0.717, 1.165) is 23.0 Å². The third-order valence-electron chi connectivity index (χ3n) is 1.75. The van der Waals surface area contributed by atoms with Crippen LogP contribution in [-0.2, 0) is 0 Å². The molecule has 0 saturated heterocycles. The molecule has 2 rings (SSSR count). The first-order chi connectivity index (χ1) is 6.31. The summed E-state index contributed by atoms with van der Waals surface area (Å²) in [6.07, 6.45) is 0. The zero-order valence-corrected chi connectivity index (χ0v) is 8.71. The molecule has 0 bridgehead atoms. The monoisotopic (exact) mass is 216 g/mol. The third-order valence-corrected chi connectivity index (χ3v) is 3.06. The van der Waals surface area contributed by atoms with Crippen molar-refractivity contribution in [3.05, 3.63) is 11.1 Å². The van der Waals surface area contributed by atoms with Crippen molar-refractivity contribution in [2.45, 2.75) is 4.90 Å². The van der Waals surface area contributed by atoms with Crippen LogP contribution < -0.4 is 10.1 Å². The lowest BCUT2D eigenvalue weighted by atomic mass is 10.4. The van der Waals surface area contributed by atoms with Gasteiger partial charge in [-0.25, -0.2) is 0 Å². The summed E-state index contributed by atoms with van der Waals surface area (Å²) in [5.41, 5.74) is 0. The van der Waals surface area contributed by atoms with Crippen molar-refractivity contribution < 1.29 is 4.74 Å². The van der Waals surface area contributed by atoms with E-state index in [9.17, 15) is 0 Å². The second-order valence-electron chi connectivity index (χ2n) is 2.60. The zero-order valence-electron chi connectivity index (χ0n) is 7.13. The van der Waals surface area contributed by atoms with Gasteiger partial charge in [0.25, 0.3) is 0 Å². The van der Waals surface area contributed by atoms with E-state index < -0.39 is 0 Å². The summed E-state index contributed by atoms with van der Waals surface area (Å²) in [5, 5.41) is 3.76. The second kappa shape index (κ2) is 3.64. The van der Waals surface area contributed by atoms with Crippen LogP contribution in [-0.4, -0.2) is 24.4 Å². The number of hydrogen-bond donors (Lipinski definition) is 1. The highest BCUT2D eigenvalue weighted by Gasteiger charge is 2.14. The van der Waals surface area contributed by atoms with Crippen LogP contribution in [0.15, 0.2) is 11.0 Å². The number of ether oxygens (including phenoxy) is 1. The minimum atomic E-state index is 0.482. The Balaban J connectivity index is 2.44. The maximum Gasteiger partial charge on any atom is 0.234 e. The Morgan fingerprint density at radius 3 is 3.31 bits per heavy atom. The van der Waals surface area contributed by atoms with E-state index in [1.54, 1.807) is 18.9 Å². The number of hydrogen-bond acceptors (Lipinski definition) is 4. The van der Waals surface area contributed by atoms with E-state index in [1.165, 1.54) is 0 Å². The summed E-state index contributed by atoms with van der Waals surface area (Å²) in [7, 11) is 1.57. The van der Waals surface area contributed by atoms with Crippen molar-refractivity contribution >= 4 is 29.2 Å². The first kappa shape index (κ1) is 8.97. The topological polar surface area (TPSA) is 34.1 Å². The van der Waals surface area contributed by atoms with Crippen molar-refractivity contribution in [3.8, 4) is 5.88 Å². The molecule has 0 amide bonds. The fraction of sp³-hybridized carbons (Fsp3) is 0.375. The highest BCUT2D eigenvalue weighted by molar-refractivity contribution is 7.99. The van der Waals surface area contributed by atoms with Crippen molar-refractivity contribution in [1.29, 1.82) is 0 Å². The van der Waals surface area contributed by atoms with E-state index >= 15 is 0 Å². The number of nitrogens with one attached hydrogen (secondary N) is 1. The number of thioether (sulfide) groups is 1. The van der Waals surface area contributed by atoms with Crippen molar-refractivity contribution in [2.75, 3.05) is 24.7 Å². The SMILES string of the molecule is COc1nc2c(cc1Cl)SCCN2. The van der Waals surface area contributed by atoms with E-state index in [-0.39, 0.29) is 0 Å². The molecule has 0 saturated carbocycles. The molecule has 13 heavy (non-hydrogen) atoms. The molecule has 1 aromatic heterocycles. The number of nitrogens with zero attached hydrogens (tertiary/aromatic N) is 1. The van der Waals surface area contributed by atoms with Crippen LogP contribution in [0.2, 0.25) is 5.02 Å². The van der Waals surface area contributed by atoms with E-state index in [1.807, 2.05) is 6.07 Å². The van der Waals surface area contributed by atoms with Crippen LogP contribution in [0.5, 0.6) is 5.88 Å². The van der Waals surface area contributed by atoms with Gasteiger partial charge in [-0.15, -0.1) is 11.8 Å². The molecule has 1 aromatic rings. The molecule has 0 aliphatic carbocycles. The maximum absolute atomic E-state index is 5.93. The first-order valence-electron chi connectivity index (χ1n) is 3.92. The normalized spacial score (nSPS) is 14.6. The van der Waals surface area contributed by atoms with E-state index in [0.29, 0.717) is 10.9 Å². The lowest BCUT2D eigenvalue weighted by Crippen LogP contribution is -2.12. The second-order valence-corrected chi connectivity index (χ2v) is 4.15. The van der Waals surface area contributed by atoms with E-state index in [2.05, 4.69) is 10.3 Å². The van der Waals surface area contributed by atoms with Gasteiger partial charge in [0, 0.05) is 12.3 Å². The number of rotatable bonds is 1. The number of methoxy groups -OCH3 is 1. The smallest absolute Gasteiger partial charge is 0.234 e. The van der Waals surface area contributed by atoms with Crippen LogP contribution in [0.3, 0.4) is 0 Å². The van der Waals surface area contributed by atoms with Gasteiger partial charge in [-0.1, -0.05) is 11.6 Å². The number of halogens is 1. The lowest BCUT2D eigenvalue weighted by Gasteiger charge is -2.17. The molecular weight excluding hydrogens is 208 g/mol. The number of pyridine rings is 1. The van der Waals surface area contributed by atoms with Crippen molar-refractivity contribution in [1.82, 2.24) is 4.98 Å². The summed E-state index contributed by atoms with van der Waals surface area (Å²) < 4.78 is 5.02. The summed E-state index contributed by atoms with van der Waals surface area (Å²) in [5.74, 6) is 2.41. The molecule has 3 nitrogen and oxygen atoms in total. The van der Waals surface area contributed by atoms with Gasteiger partial charge < -0.3 is 10.1 Å². The molecule has 0 fully saturated rings. The molecule has 2 heterocycles. The van der Waals surface area contributed by atoms with Crippen LogP contribution >= 0.6 is 23.4 Å². The zero-order chi connectivity index (χ0) is 9.26. The Morgan fingerprint density at radius 1 is 1.69 bits per heavy atom. The summed E-state index contributed by atoms with van der Waals surface area (Å²) in [6, 6.07) is 1.89. The summed E-state index contributed by atoms with van der Waals surface area (Å²) in [4.78, 5) is 5.34. The molecule has 1 aliphatic heterocycles. The van der Waals surface area contributed by atoms with Crippen LogP contribution in [0.25, 0.3) is 0 Å². The van der Waals surface area contributed by atoms with Gasteiger partial charge in [0.2, 0.25) is 5.88 Å². The van der Waals surface area contributed by atoms with Crippen LogP contribution in [0.4, 0.5) is 5.82 Å². The molecule has 5 heteroatoms. The summed E-state index contributed by atoms with van der Waals surface area (Å²) in [6.45, 7) is 0.940. The van der Waals surface area contributed by atoms with Gasteiger partial charge in [-0.2, -0.15) is 4.98 Å². The van der Waals surface area contributed by atoms with Crippen LogP contribution in [0.1, 0.15) is 0 Å². The Morgan fingerprint density at radius 2 is 2.54 bits per heavy atom. The fourth-order valence-electron chi connectivity index (χ4n) is 1.17. The molecule has 0 unspecified atom stereocenters. The van der Waals surface area contributed by atoms with Crippen LogP contribution in [0, 0.1) is 0 Å². The summed E-state index contributed by atoms with van der Waals surface area (Å²) >= 11 is 7.69. The van der Waals surface area contributed by atoms with Gasteiger partial charge in [0.05, 0.1) is 12.0 Å². The molecule has 70 valence electrons. The molecule has 0 radical (unpaired) electrons. The predicted molar refractivity (Wildman–Crippen MR) is 55.0 cm³/mol. The molecule has 0 spiro atoms. The quantitative estimate of drug-likeness (QED) is 0.781. The number of anilines is 1. The highest BCUT2D eigenvalue weighted by Crippen LogP contribution is 2.35. The van der Waals surface area contributed by atoms with Gasteiger partial charge in [0.1, 0.15) is 10.8 Å². The molecule has 1 aliphatic rings. The molecule has 1 N–H and O–H groups in total. The Bertz CT molecular complexity index is 332. The lowest BCUT2D eigenvalue weighted by molar-refractivity contribution is 0.398. The molecule has 0 aromatic carbocycles. The minimum Gasteiger partial charge on any atom is -0.480 e. The molecule has 0 atom stereocenters. The van der Waals surface area contributed by atoms with Crippen molar-refractivity contribution in [3.63, 3.8) is 0 Å². The average Bonchev–Trinajstić information content (AvgIpc) is 2.17. The number of fused-ring (bicyclic) bond motifs is 1. The van der Waals surface area contributed by atoms with Crippen molar-refractivity contribution in [2.24, 2.45) is 0 Å². The average molecular weight is 217 g/mol. The predicted octanol–water partition coefficient (Wildman–Crippen LogP) is 2.26.